The first-order chi connectivity index (χ1) is 10.1. The molecule has 0 aliphatic carbocycles. The summed E-state index contributed by atoms with van der Waals surface area (Å²) in [4.78, 5) is 19.5. The minimum atomic E-state index is -0.176. The van der Waals surface area contributed by atoms with Crippen LogP contribution in [0.3, 0.4) is 0 Å². The number of hydrogen-bond donors (Lipinski definition) is 1. The third kappa shape index (κ3) is 3.62. The van der Waals surface area contributed by atoms with E-state index in [1.807, 2.05) is 30.0 Å². The van der Waals surface area contributed by atoms with Crippen LogP contribution in [-0.2, 0) is 11.3 Å². The van der Waals surface area contributed by atoms with Gasteiger partial charge in [0.15, 0.2) is 0 Å². The van der Waals surface area contributed by atoms with Crippen molar-refractivity contribution in [3.63, 3.8) is 0 Å². The highest BCUT2D eigenvalue weighted by Crippen LogP contribution is 2.35. The van der Waals surface area contributed by atoms with Gasteiger partial charge in [0, 0.05) is 12.2 Å². The molecule has 0 bridgehead atoms. The number of carbonyl (C=O) groups is 1. The number of pyridine rings is 1. The highest BCUT2D eigenvalue weighted by atomic mass is 16.2. The first-order valence-corrected chi connectivity index (χ1v) is 8.04. The van der Waals surface area contributed by atoms with Crippen molar-refractivity contribution < 1.29 is 4.79 Å². The average molecular weight is 289 g/mol. The summed E-state index contributed by atoms with van der Waals surface area (Å²) in [7, 11) is 0. The third-order valence-electron chi connectivity index (χ3n) is 4.66. The molecule has 4 nitrogen and oxygen atoms in total. The third-order valence-corrected chi connectivity index (χ3v) is 4.66. The molecule has 0 saturated carbocycles. The lowest BCUT2D eigenvalue weighted by Crippen LogP contribution is -2.48. The van der Waals surface area contributed by atoms with Crippen LogP contribution in [0.15, 0.2) is 18.2 Å². The van der Waals surface area contributed by atoms with Crippen LogP contribution in [0, 0.1) is 12.3 Å². The lowest BCUT2D eigenvalue weighted by atomic mass is 9.75. The summed E-state index contributed by atoms with van der Waals surface area (Å²) in [5, 5.41) is 3.36. The zero-order valence-corrected chi connectivity index (χ0v) is 13.5. The van der Waals surface area contributed by atoms with Crippen molar-refractivity contribution in [1.82, 2.24) is 15.2 Å². The molecule has 1 aliphatic rings. The number of nitrogens with zero attached hydrogens (tertiary/aromatic N) is 2. The Hall–Kier alpha value is -1.42. The number of piperidine rings is 1. The maximum Gasteiger partial charge on any atom is 0.229 e. The van der Waals surface area contributed by atoms with Crippen LogP contribution in [0.25, 0.3) is 0 Å². The lowest BCUT2D eigenvalue weighted by Gasteiger charge is -2.39. The van der Waals surface area contributed by atoms with E-state index in [4.69, 9.17) is 0 Å². The van der Waals surface area contributed by atoms with Gasteiger partial charge in [-0.1, -0.05) is 13.0 Å². The fourth-order valence-corrected chi connectivity index (χ4v) is 3.17. The lowest BCUT2D eigenvalue weighted by molar-refractivity contribution is -0.144. The Morgan fingerprint density at radius 1 is 1.33 bits per heavy atom. The van der Waals surface area contributed by atoms with Gasteiger partial charge in [0.05, 0.1) is 17.7 Å². The molecular weight excluding hydrogens is 262 g/mol. The minimum absolute atomic E-state index is 0.176. The monoisotopic (exact) mass is 289 g/mol. The molecule has 2 heterocycles. The zero-order valence-electron chi connectivity index (χ0n) is 13.5. The van der Waals surface area contributed by atoms with E-state index in [1.165, 1.54) is 0 Å². The van der Waals surface area contributed by atoms with Crippen LogP contribution in [0.5, 0.6) is 0 Å². The Bertz CT molecular complexity index is 481. The highest BCUT2D eigenvalue weighted by Gasteiger charge is 2.40. The number of aryl methyl sites for hydroxylation is 1. The molecule has 0 aromatic carbocycles. The van der Waals surface area contributed by atoms with Gasteiger partial charge in [-0.15, -0.1) is 0 Å². The fourth-order valence-electron chi connectivity index (χ4n) is 3.17. The van der Waals surface area contributed by atoms with Gasteiger partial charge in [-0.05, 0) is 58.3 Å². The first-order valence-electron chi connectivity index (χ1n) is 8.04. The van der Waals surface area contributed by atoms with Crippen molar-refractivity contribution in [3.05, 3.63) is 29.6 Å². The van der Waals surface area contributed by atoms with Crippen molar-refractivity contribution in [2.24, 2.45) is 5.41 Å². The van der Waals surface area contributed by atoms with E-state index in [0.717, 1.165) is 50.3 Å². The summed E-state index contributed by atoms with van der Waals surface area (Å²) < 4.78 is 0. The molecule has 21 heavy (non-hydrogen) atoms. The summed E-state index contributed by atoms with van der Waals surface area (Å²) in [6.07, 6.45) is 2.81. The molecule has 0 atom stereocenters. The Morgan fingerprint density at radius 3 is 2.62 bits per heavy atom. The molecule has 1 fully saturated rings. The van der Waals surface area contributed by atoms with Crippen molar-refractivity contribution >= 4 is 5.91 Å². The van der Waals surface area contributed by atoms with Gasteiger partial charge in [0.2, 0.25) is 5.91 Å². The van der Waals surface area contributed by atoms with Gasteiger partial charge in [-0.3, -0.25) is 9.78 Å². The standard InChI is InChI=1S/C17H27N3O/c1-4-17(9-11-18-12-10-17)16(21)20(5-2)13-15-8-6-7-14(3)19-15/h6-8,18H,4-5,9-13H2,1-3H3. The SMILES string of the molecule is CCN(Cc1cccc(C)n1)C(=O)C1(CC)CCNCC1. The fraction of sp³-hybridized carbons (Fsp3) is 0.647. The maximum absolute atomic E-state index is 13.0. The van der Waals surface area contributed by atoms with E-state index >= 15 is 0 Å². The Kier molecular flexibility index (Phi) is 5.34. The summed E-state index contributed by atoms with van der Waals surface area (Å²) in [5.74, 6) is 0.303. The molecule has 0 radical (unpaired) electrons. The molecule has 1 aromatic heterocycles. The summed E-state index contributed by atoms with van der Waals surface area (Å²) in [5.41, 5.74) is 1.80. The molecule has 0 spiro atoms. The molecule has 1 aromatic rings. The van der Waals surface area contributed by atoms with Crippen molar-refractivity contribution in [3.8, 4) is 0 Å². The molecule has 1 N–H and O–H groups in total. The number of aromatic nitrogens is 1. The molecule has 116 valence electrons. The van der Waals surface area contributed by atoms with E-state index < -0.39 is 0 Å². The normalized spacial score (nSPS) is 17.5. The largest absolute Gasteiger partial charge is 0.337 e. The minimum Gasteiger partial charge on any atom is -0.337 e. The Labute approximate surface area is 127 Å². The molecule has 0 unspecified atom stereocenters. The van der Waals surface area contributed by atoms with Gasteiger partial charge < -0.3 is 10.2 Å². The smallest absolute Gasteiger partial charge is 0.229 e. The number of nitrogens with one attached hydrogen (secondary N) is 1. The van der Waals surface area contributed by atoms with Crippen LogP contribution < -0.4 is 5.32 Å². The number of amides is 1. The molecule has 4 heteroatoms. The molecule has 1 saturated heterocycles. The second kappa shape index (κ2) is 7.03. The molecule has 2 rings (SSSR count). The van der Waals surface area contributed by atoms with Crippen molar-refractivity contribution in [1.29, 1.82) is 0 Å². The van der Waals surface area contributed by atoms with Crippen molar-refractivity contribution in [2.75, 3.05) is 19.6 Å². The van der Waals surface area contributed by atoms with Gasteiger partial charge >= 0.3 is 0 Å². The number of rotatable bonds is 5. The Morgan fingerprint density at radius 2 is 2.05 bits per heavy atom. The van der Waals surface area contributed by atoms with Crippen LogP contribution in [0.1, 0.15) is 44.5 Å². The quantitative estimate of drug-likeness (QED) is 0.906. The number of carbonyl (C=O) groups excluding carboxylic acids is 1. The van der Waals surface area contributed by atoms with E-state index in [0.29, 0.717) is 12.5 Å². The number of hydrogen-bond acceptors (Lipinski definition) is 3. The highest BCUT2D eigenvalue weighted by molar-refractivity contribution is 5.82. The van der Waals surface area contributed by atoms with E-state index in [1.54, 1.807) is 0 Å². The van der Waals surface area contributed by atoms with Gasteiger partial charge in [-0.2, -0.15) is 0 Å². The first kappa shape index (κ1) is 16.0. The van der Waals surface area contributed by atoms with Crippen LogP contribution in [-0.4, -0.2) is 35.4 Å². The molecule has 1 aliphatic heterocycles. The second-order valence-electron chi connectivity index (χ2n) is 5.97. The van der Waals surface area contributed by atoms with Gasteiger partial charge in [0.25, 0.3) is 0 Å². The Balaban J connectivity index is 2.14. The van der Waals surface area contributed by atoms with Gasteiger partial charge in [-0.25, -0.2) is 0 Å². The van der Waals surface area contributed by atoms with Crippen molar-refractivity contribution in [2.45, 2.75) is 46.6 Å². The van der Waals surface area contributed by atoms with E-state index in [2.05, 4.69) is 24.1 Å². The summed E-state index contributed by atoms with van der Waals surface area (Å²) >= 11 is 0. The average Bonchev–Trinajstić information content (AvgIpc) is 2.52. The topological polar surface area (TPSA) is 45.2 Å². The predicted molar refractivity (Wildman–Crippen MR) is 84.9 cm³/mol. The summed E-state index contributed by atoms with van der Waals surface area (Å²) in [6.45, 7) is 9.43. The van der Waals surface area contributed by atoms with Crippen LogP contribution in [0.2, 0.25) is 0 Å². The van der Waals surface area contributed by atoms with Crippen LogP contribution >= 0.6 is 0 Å². The zero-order chi connectivity index (χ0) is 15.3. The maximum atomic E-state index is 13.0. The summed E-state index contributed by atoms with van der Waals surface area (Å²) in [6, 6.07) is 6.00. The second-order valence-corrected chi connectivity index (χ2v) is 5.97. The van der Waals surface area contributed by atoms with Crippen LogP contribution in [0.4, 0.5) is 0 Å². The predicted octanol–water partition coefficient (Wildman–Crippen LogP) is 2.52. The molecule has 1 amide bonds. The molecular formula is C17H27N3O. The van der Waals surface area contributed by atoms with Gasteiger partial charge in [0.1, 0.15) is 0 Å². The van der Waals surface area contributed by atoms with E-state index in [9.17, 15) is 4.79 Å². The van der Waals surface area contributed by atoms with E-state index in [-0.39, 0.29) is 5.41 Å².